The molecule has 0 saturated carbocycles. The molecule has 1 aromatic heterocycles. The minimum absolute atomic E-state index is 0.00209. The zero-order valence-electron chi connectivity index (χ0n) is 19.7. The molecule has 1 N–H and O–H groups in total. The molecule has 0 unspecified atom stereocenters. The van der Waals surface area contributed by atoms with Gasteiger partial charge in [-0.2, -0.15) is 0 Å². The number of nitrogens with zero attached hydrogens (tertiary/aromatic N) is 2. The summed E-state index contributed by atoms with van der Waals surface area (Å²) in [7, 11) is 1.53. The Labute approximate surface area is 205 Å². The van der Waals surface area contributed by atoms with E-state index in [1.807, 2.05) is 0 Å². The number of hydrogen-bond donors (Lipinski definition) is 1. The van der Waals surface area contributed by atoms with Gasteiger partial charge in [0.1, 0.15) is 24.4 Å². The molecule has 2 bridgehead atoms. The summed E-state index contributed by atoms with van der Waals surface area (Å²) in [6.45, 7) is 4.27. The fraction of sp³-hybridized carbons (Fsp3) is 0.370. The lowest BCUT2D eigenvalue weighted by atomic mass is 9.71. The van der Waals surface area contributed by atoms with Crippen molar-refractivity contribution in [2.24, 2.45) is 11.8 Å². The molecule has 190 valence electrons. The van der Waals surface area contributed by atoms with Gasteiger partial charge in [0, 0.05) is 30.3 Å². The number of hydrogen-bond acceptors (Lipinski definition) is 3. The normalized spacial score (nSPS) is 26.2. The summed E-state index contributed by atoms with van der Waals surface area (Å²) in [5.41, 5.74) is 0.355. The van der Waals surface area contributed by atoms with Gasteiger partial charge >= 0.3 is 0 Å². The minimum Gasteiger partial charge on any atom is -0.497 e. The van der Waals surface area contributed by atoms with E-state index < -0.39 is 53.3 Å². The Bertz CT molecular complexity index is 1320. The van der Waals surface area contributed by atoms with E-state index in [4.69, 9.17) is 4.74 Å². The Hall–Kier alpha value is -3.04. The molecular weight excluding hydrogens is 479 g/mol. The minimum atomic E-state index is -2.18. The summed E-state index contributed by atoms with van der Waals surface area (Å²) in [6, 6.07) is 6.44. The summed E-state index contributed by atoms with van der Waals surface area (Å²) in [5.74, 6) is -8.98. The highest BCUT2D eigenvalue weighted by molar-refractivity contribution is 5.83. The van der Waals surface area contributed by atoms with E-state index in [1.165, 1.54) is 7.11 Å². The van der Waals surface area contributed by atoms with Crippen LogP contribution in [0.25, 0.3) is 10.9 Å². The average Bonchev–Trinajstić information content (AvgIpc) is 2.92. The highest BCUT2D eigenvalue weighted by Crippen LogP contribution is 2.48. The predicted octanol–water partition coefficient (Wildman–Crippen LogP) is 5.58. The van der Waals surface area contributed by atoms with Gasteiger partial charge in [-0.15, -0.1) is 6.58 Å². The first-order valence-electron chi connectivity index (χ1n) is 11.8. The molecule has 0 aliphatic carbocycles. The van der Waals surface area contributed by atoms with Crippen molar-refractivity contribution in [3.8, 4) is 5.75 Å². The maximum atomic E-state index is 14.8. The zero-order chi connectivity index (χ0) is 25.8. The van der Waals surface area contributed by atoms with Gasteiger partial charge < -0.3 is 14.3 Å². The third kappa shape index (κ3) is 3.76. The van der Waals surface area contributed by atoms with E-state index >= 15 is 0 Å². The van der Waals surface area contributed by atoms with Gasteiger partial charge in [-0.1, -0.05) is 6.08 Å². The molecule has 3 aromatic rings. The van der Waals surface area contributed by atoms with E-state index in [1.54, 1.807) is 36.5 Å². The number of aliphatic hydroxyl groups is 1. The van der Waals surface area contributed by atoms with Crippen molar-refractivity contribution >= 4 is 10.9 Å². The average molecular weight is 506 g/mol. The van der Waals surface area contributed by atoms with Crippen LogP contribution in [-0.4, -0.2) is 40.8 Å². The van der Waals surface area contributed by atoms with Crippen LogP contribution in [0.5, 0.6) is 5.75 Å². The largest absolute Gasteiger partial charge is 0.497 e. The van der Waals surface area contributed by atoms with Gasteiger partial charge in [0.2, 0.25) is 5.82 Å². The molecule has 36 heavy (non-hydrogen) atoms. The first-order chi connectivity index (χ1) is 17.2. The predicted molar refractivity (Wildman–Crippen MR) is 123 cm³/mol. The molecule has 2 aromatic carbocycles. The van der Waals surface area contributed by atoms with Gasteiger partial charge in [0.05, 0.1) is 31.3 Å². The summed E-state index contributed by atoms with van der Waals surface area (Å²) < 4.78 is 76.7. The lowest BCUT2D eigenvalue weighted by Gasteiger charge is -2.58. The number of aromatic nitrogens is 1. The first-order valence-corrected chi connectivity index (χ1v) is 11.8. The summed E-state index contributed by atoms with van der Waals surface area (Å²) in [5, 5.41) is 12.4. The number of ether oxygens (including phenoxy) is 1. The third-order valence-electron chi connectivity index (χ3n) is 8.11. The lowest BCUT2D eigenvalue weighted by molar-refractivity contribution is -0.985. The second-order valence-electron chi connectivity index (χ2n) is 9.81. The Balaban J connectivity index is 1.62. The molecule has 3 aliphatic heterocycles. The van der Waals surface area contributed by atoms with Crippen molar-refractivity contribution in [2.45, 2.75) is 31.5 Å². The molecule has 4 nitrogen and oxygen atoms in total. The van der Waals surface area contributed by atoms with E-state index in [-0.39, 0.29) is 16.3 Å². The summed E-state index contributed by atoms with van der Waals surface area (Å²) in [4.78, 5) is 4.35. The van der Waals surface area contributed by atoms with Gasteiger partial charge in [0.25, 0.3) is 0 Å². The fourth-order valence-electron chi connectivity index (χ4n) is 6.22. The number of rotatable bonds is 6. The van der Waals surface area contributed by atoms with Crippen LogP contribution in [0.2, 0.25) is 0 Å². The number of pyridine rings is 1. The van der Waals surface area contributed by atoms with Crippen LogP contribution in [0.3, 0.4) is 0 Å². The molecule has 3 fully saturated rings. The van der Waals surface area contributed by atoms with Gasteiger partial charge in [-0.25, -0.2) is 22.0 Å². The van der Waals surface area contributed by atoms with Crippen LogP contribution in [0.1, 0.15) is 30.1 Å². The zero-order valence-corrected chi connectivity index (χ0v) is 19.7. The molecule has 0 spiro atoms. The second kappa shape index (κ2) is 9.12. The molecule has 3 saturated heterocycles. The molecule has 6 rings (SSSR count). The number of aliphatic hydroxyl groups excluding tert-OH is 1. The van der Waals surface area contributed by atoms with Crippen molar-refractivity contribution in [1.29, 1.82) is 0 Å². The van der Waals surface area contributed by atoms with E-state index in [0.29, 0.717) is 48.1 Å². The van der Waals surface area contributed by atoms with Crippen molar-refractivity contribution in [2.75, 3.05) is 20.2 Å². The number of quaternary nitrogens is 1. The van der Waals surface area contributed by atoms with Crippen molar-refractivity contribution in [3.05, 3.63) is 83.3 Å². The summed E-state index contributed by atoms with van der Waals surface area (Å²) in [6.07, 6.45) is 3.49. The quantitative estimate of drug-likeness (QED) is 0.156. The summed E-state index contributed by atoms with van der Waals surface area (Å²) >= 11 is 0. The number of piperidine rings is 3. The lowest BCUT2D eigenvalue weighted by Crippen LogP contribution is -2.67. The smallest absolute Gasteiger partial charge is 0.200 e. The van der Waals surface area contributed by atoms with Gasteiger partial charge in [-0.05, 0) is 35.7 Å². The van der Waals surface area contributed by atoms with Crippen molar-refractivity contribution in [1.82, 2.24) is 4.98 Å². The van der Waals surface area contributed by atoms with Crippen LogP contribution < -0.4 is 4.74 Å². The monoisotopic (exact) mass is 505 g/mol. The van der Waals surface area contributed by atoms with Crippen LogP contribution in [-0.2, 0) is 6.54 Å². The number of methoxy groups -OCH3 is 1. The van der Waals surface area contributed by atoms with Crippen molar-refractivity contribution < 1.29 is 36.3 Å². The molecule has 0 amide bonds. The number of fused-ring (bicyclic) bond motifs is 4. The third-order valence-corrected chi connectivity index (χ3v) is 8.11. The van der Waals surface area contributed by atoms with Gasteiger partial charge in [0.15, 0.2) is 23.3 Å². The highest BCUT2D eigenvalue weighted by atomic mass is 19.2. The van der Waals surface area contributed by atoms with E-state index in [2.05, 4.69) is 11.6 Å². The molecular formula is C27H26F5N2O2+. The standard InChI is InChI=1S/C27H26F5N2O2/c1-3-14-12-34(13-19-22(28)24(30)26(32)25(31)23(19)29)9-7-15(14)10-21(34)27(35)17-6-8-33-20-5-4-16(36-2)11-18(17)20/h3-6,8,11,14-15,21,27,35H,1,7,9-10,12-13H2,2H3/q+1/t14-,15+,21-,27+,34+/m1/s1. The molecule has 5 atom stereocenters. The molecule has 3 aliphatic rings. The SMILES string of the molecule is C=C[C@@H]1C[N@+]2(Cc3c(F)c(F)c(F)c(F)c3F)CC[C@H]1C[C@@H]2[C@@H](O)c1ccnc2ccc(OC)cc12. The maximum Gasteiger partial charge on any atom is 0.200 e. The number of halogens is 5. The fourth-order valence-corrected chi connectivity index (χ4v) is 6.22. The van der Waals surface area contributed by atoms with Crippen LogP contribution >= 0.6 is 0 Å². The van der Waals surface area contributed by atoms with Gasteiger partial charge in [-0.3, -0.25) is 4.98 Å². The Morgan fingerprint density at radius 3 is 2.47 bits per heavy atom. The molecule has 4 heterocycles. The van der Waals surface area contributed by atoms with Crippen molar-refractivity contribution in [3.63, 3.8) is 0 Å². The second-order valence-corrected chi connectivity index (χ2v) is 9.81. The Morgan fingerprint density at radius 2 is 1.81 bits per heavy atom. The Morgan fingerprint density at radius 1 is 1.11 bits per heavy atom. The highest BCUT2D eigenvalue weighted by Gasteiger charge is 2.54. The Kier molecular flexibility index (Phi) is 6.24. The maximum absolute atomic E-state index is 14.8. The topological polar surface area (TPSA) is 42.4 Å². The molecule has 0 radical (unpaired) electrons. The van der Waals surface area contributed by atoms with Crippen LogP contribution in [0.4, 0.5) is 22.0 Å². The van der Waals surface area contributed by atoms with E-state index in [0.717, 1.165) is 0 Å². The van der Waals surface area contributed by atoms with Crippen LogP contribution in [0.15, 0.2) is 43.1 Å². The molecule has 9 heteroatoms. The van der Waals surface area contributed by atoms with Crippen LogP contribution in [0, 0.1) is 40.9 Å². The number of benzene rings is 2. The first kappa shape index (κ1) is 24.6. The van der Waals surface area contributed by atoms with E-state index in [9.17, 15) is 27.1 Å².